The van der Waals surface area contributed by atoms with Crippen LogP contribution < -0.4 is 0 Å². The molecule has 0 saturated heterocycles. The Bertz CT molecular complexity index is 593. The number of carbonyl (C=O) groups excluding carboxylic acids is 1. The summed E-state index contributed by atoms with van der Waals surface area (Å²) in [6, 6.07) is 19.3. The molecule has 2 aromatic rings. The van der Waals surface area contributed by atoms with Gasteiger partial charge in [-0.25, -0.2) is 0 Å². The number of ketones is 1. The first-order valence-corrected chi connectivity index (χ1v) is 7.53. The standard InChI is InChI=1S/C19H21NO2/c1-16(12-13-19(21)18-10-6-3-7-11-18)14-20-22-15-17-8-4-2-5-9-17/h2-11,14,16H,12-13,15H2,1H3/b20-14+. The highest BCUT2D eigenvalue weighted by Gasteiger charge is 2.07. The molecule has 3 nitrogen and oxygen atoms in total. The lowest BCUT2D eigenvalue weighted by Crippen LogP contribution is -2.04. The van der Waals surface area contributed by atoms with Crippen molar-refractivity contribution < 1.29 is 9.63 Å². The maximum absolute atomic E-state index is 12.0. The number of oxime groups is 1. The second-order valence-corrected chi connectivity index (χ2v) is 5.32. The van der Waals surface area contributed by atoms with Crippen molar-refractivity contribution in [3.05, 3.63) is 71.8 Å². The first-order chi connectivity index (χ1) is 10.8. The summed E-state index contributed by atoms with van der Waals surface area (Å²) in [6.45, 7) is 2.50. The molecule has 2 aromatic carbocycles. The number of rotatable bonds is 8. The molecular weight excluding hydrogens is 274 g/mol. The van der Waals surface area contributed by atoms with Crippen LogP contribution in [0.4, 0.5) is 0 Å². The molecule has 2 rings (SSSR count). The van der Waals surface area contributed by atoms with E-state index in [1.165, 1.54) is 0 Å². The smallest absolute Gasteiger partial charge is 0.162 e. The number of Topliss-reactive ketones (excluding diaryl/α,β-unsaturated/α-hetero) is 1. The zero-order chi connectivity index (χ0) is 15.6. The quantitative estimate of drug-likeness (QED) is 0.409. The van der Waals surface area contributed by atoms with Gasteiger partial charge in [-0.15, -0.1) is 0 Å². The van der Waals surface area contributed by atoms with Gasteiger partial charge in [-0.1, -0.05) is 72.7 Å². The Morgan fingerprint density at radius 2 is 1.73 bits per heavy atom. The van der Waals surface area contributed by atoms with E-state index in [2.05, 4.69) is 5.16 Å². The Balaban J connectivity index is 1.68. The molecule has 0 fully saturated rings. The third-order valence-electron chi connectivity index (χ3n) is 3.39. The van der Waals surface area contributed by atoms with Gasteiger partial charge in [0.1, 0.15) is 6.61 Å². The van der Waals surface area contributed by atoms with Crippen molar-refractivity contribution in [2.75, 3.05) is 0 Å². The van der Waals surface area contributed by atoms with Crippen LogP contribution in [0.5, 0.6) is 0 Å². The van der Waals surface area contributed by atoms with Crippen LogP contribution in [0.3, 0.4) is 0 Å². The van der Waals surface area contributed by atoms with Crippen LogP contribution in [0.2, 0.25) is 0 Å². The summed E-state index contributed by atoms with van der Waals surface area (Å²) in [6.07, 6.45) is 3.06. The van der Waals surface area contributed by atoms with Gasteiger partial charge in [-0.3, -0.25) is 4.79 Å². The predicted octanol–water partition coefficient (Wildman–Crippen LogP) is 4.49. The van der Waals surface area contributed by atoms with Gasteiger partial charge in [-0.2, -0.15) is 0 Å². The minimum atomic E-state index is 0.172. The van der Waals surface area contributed by atoms with Crippen molar-refractivity contribution in [1.82, 2.24) is 0 Å². The molecule has 0 aliphatic heterocycles. The average Bonchev–Trinajstić information content (AvgIpc) is 2.58. The van der Waals surface area contributed by atoms with Crippen LogP contribution >= 0.6 is 0 Å². The molecule has 1 unspecified atom stereocenters. The van der Waals surface area contributed by atoms with E-state index in [1.807, 2.05) is 67.6 Å². The summed E-state index contributed by atoms with van der Waals surface area (Å²) in [5.74, 6) is 0.384. The predicted molar refractivity (Wildman–Crippen MR) is 88.9 cm³/mol. The van der Waals surface area contributed by atoms with Crippen LogP contribution in [-0.4, -0.2) is 12.0 Å². The number of hydrogen-bond donors (Lipinski definition) is 0. The van der Waals surface area contributed by atoms with Crippen molar-refractivity contribution >= 4 is 12.0 Å². The minimum Gasteiger partial charge on any atom is -0.391 e. The van der Waals surface area contributed by atoms with Gasteiger partial charge in [0, 0.05) is 18.2 Å². The molecule has 0 spiro atoms. The Morgan fingerprint density at radius 3 is 2.41 bits per heavy atom. The second kappa shape index (κ2) is 8.78. The van der Waals surface area contributed by atoms with E-state index in [4.69, 9.17) is 4.84 Å². The first-order valence-electron chi connectivity index (χ1n) is 7.53. The molecule has 114 valence electrons. The number of carbonyl (C=O) groups is 1. The third-order valence-corrected chi connectivity index (χ3v) is 3.39. The van der Waals surface area contributed by atoms with Crippen molar-refractivity contribution in [3.63, 3.8) is 0 Å². The zero-order valence-electron chi connectivity index (χ0n) is 12.8. The van der Waals surface area contributed by atoms with Crippen LogP contribution in [0, 0.1) is 5.92 Å². The first kappa shape index (κ1) is 16.0. The van der Waals surface area contributed by atoms with Crippen molar-refractivity contribution in [2.24, 2.45) is 11.1 Å². The summed E-state index contributed by atoms with van der Waals surface area (Å²) in [5, 5.41) is 3.98. The lowest BCUT2D eigenvalue weighted by atomic mass is 10.0. The van der Waals surface area contributed by atoms with Gasteiger partial charge in [0.25, 0.3) is 0 Å². The van der Waals surface area contributed by atoms with E-state index < -0.39 is 0 Å². The summed E-state index contributed by atoms with van der Waals surface area (Å²) in [7, 11) is 0. The van der Waals surface area contributed by atoms with Crippen LogP contribution in [-0.2, 0) is 11.4 Å². The van der Waals surface area contributed by atoms with Crippen LogP contribution in [0.25, 0.3) is 0 Å². The molecule has 0 bridgehead atoms. The fourth-order valence-electron chi connectivity index (χ4n) is 2.03. The second-order valence-electron chi connectivity index (χ2n) is 5.32. The molecule has 0 radical (unpaired) electrons. The minimum absolute atomic E-state index is 0.172. The highest BCUT2D eigenvalue weighted by molar-refractivity contribution is 5.96. The molecule has 1 atom stereocenters. The molecule has 0 amide bonds. The molecule has 0 aromatic heterocycles. The summed E-state index contributed by atoms with van der Waals surface area (Å²) in [5.41, 5.74) is 1.86. The highest BCUT2D eigenvalue weighted by atomic mass is 16.6. The summed E-state index contributed by atoms with van der Waals surface area (Å²) < 4.78 is 0. The molecule has 0 N–H and O–H groups in total. The normalized spacial score (nSPS) is 12.2. The average molecular weight is 295 g/mol. The number of nitrogens with zero attached hydrogens (tertiary/aromatic N) is 1. The van der Waals surface area contributed by atoms with Gasteiger partial charge in [0.15, 0.2) is 5.78 Å². The van der Waals surface area contributed by atoms with E-state index in [-0.39, 0.29) is 11.7 Å². The van der Waals surface area contributed by atoms with E-state index in [0.29, 0.717) is 13.0 Å². The Morgan fingerprint density at radius 1 is 1.09 bits per heavy atom. The molecule has 0 aliphatic carbocycles. The van der Waals surface area contributed by atoms with E-state index in [0.717, 1.165) is 17.5 Å². The molecule has 0 saturated carbocycles. The Hall–Kier alpha value is -2.42. The van der Waals surface area contributed by atoms with Gasteiger partial charge in [0.05, 0.1) is 0 Å². The maximum Gasteiger partial charge on any atom is 0.162 e. The third kappa shape index (κ3) is 5.52. The maximum atomic E-state index is 12.0. The van der Waals surface area contributed by atoms with Gasteiger partial charge >= 0.3 is 0 Å². The fourth-order valence-corrected chi connectivity index (χ4v) is 2.03. The molecular formula is C19H21NO2. The van der Waals surface area contributed by atoms with Gasteiger partial charge in [-0.05, 0) is 17.9 Å². The summed E-state index contributed by atoms with van der Waals surface area (Å²) in [4.78, 5) is 17.3. The van der Waals surface area contributed by atoms with Crippen LogP contribution in [0.1, 0.15) is 35.7 Å². The van der Waals surface area contributed by atoms with Gasteiger partial charge in [0.2, 0.25) is 0 Å². The lowest BCUT2D eigenvalue weighted by molar-refractivity contribution is 0.0977. The van der Waals surface area contributed by atoms with Crippen molar-refractivity contribution in [1.29, 1.82) is 0 Å². The molecule has 22 heavy (non-hydrogen) atoms. The lowest BCUT2D eigenvalue weighted by Gasteiger charge is -2.05. The number of hydrogen-bond acceptors (Lipinski definition) is 3. The summed E-state index contributed by atoms with van der Waals surface area (Å²) >= 11 is 0. The monoisotopic (exact) mass is 295 g/mol. The van der Waals surface area contributed by atoms with Crippen molar-refractivity contribution in [3.8, 4) is 0 Å². The SMILES string of the molecule is CC(/C=N/OCc1ccccc1)CCC(=O)c1ccccc1. The van der Waals surface area contributed by atoms with Gasteiger partial charge < -0.3 is 4.84 Å². The van der Waals surface area contributed by atoms with Crippen LogP contribution in [0.15, 0.2) is 65.8 Å². The largest absolute Gasteiger partial charge is 0.391 e. The zero-order valence-corrected chi connectivity index (χ0v) is 12.8. The van der Waals surface area contributed by atoms with E-state index >= 15 is 0 Å². The molecule has 0 heterocycles. The molecule has 0 aliphatic rings. The molecule has 3 heteroatoms. The van der Waals surface area contributed by atoms with Crippen molar-refractivity contribution in [2.45, 2.75) is 26.4 Å². The Labute approximate surface area is 131 Å². The fraction of sp³-hybridized carbons (Fsp3) is 0.263. The number of benzene rings is 2. The highest BCUT2D eigenvalue weighted by Crippen LogP contribution is 2.10. The van der Waals surface area contributed by atoms with E-state index in [9.17, 15) is 4.79 Å². The van der Waals surface area contributed by atoms with E-state index in [1.54, 1.807) is 6.21 Å². The Kier molecular flexibility index (Phi) is 6.37. The topological polar surface area (TPSA) is 38.7 Å².